The summed E-state index contributed by atoms with van der Waals surface area (Å²) in [4.78, 5) is 22.3. The van der Waals surface area contributed by atoms with Crippen molar-refractivity contribution in [1.82, 2.24) is 30.2 Å². The Balaban J connectivity index is 1.59. The molecule has 6 rings (SSSR count). The molecule has 2 aliphatic rings. The van der Waals surface area contributed by atoms with Gasteiger partial charge in [-0.15, -0.1) is 0 Å². The Kier molecular flexibility index (Phi) is 4.12. The lowest BCUT2D eigenvalue weighted by atomic mass is 9.80. The number of hydrogen-bond acceptors (Lipinski definition) is 7. The second-order valence-electron chi connectivity index (χ2n) is 8.11. The predicted octanol–water partition coefficient (Wildman–Crippen LogP) is 3.06. The van der Waals surface area contributed by atoms with Gasteiger partial charge in [0.15, 0.2) is 0 Å². The van der Waals surface area contributed by atoms with E-state index in [0.717, 1.165) is 39.3 Å². The SMILES string of the molecule is NC1NC(c2cccc(-c3cncnc3)c2)(c2ccnc(C3CC3)c2)c2nccnc21. The van der Waals surface area contributed by atoms with Crippen molar-refractivity contribution in [3.63, 3.8) is 0 Å². The third-order valence-corrected chi connectivity index (χ3v) is 6.15. The van der Waals surface area contributed by atoms with Crippen LogP contribution < -0.4 is 11.1 Å². The normalized spacial score (nSPS) is 22.3. The maximum Gasteiger partial charge on any atom is 0.116 e. The molecular weight excluding hydrogens is 386 g/mol. The van der Waals surface area contributed by atoms with Crippen molar-refractivity contribution in [1.29, 1.82) is 0 Å². The number of benzene rings is 1. The zero-order chi connectivity index (χ0) is 20.8. The minimum Gasteiger partial charge on any atom is -0.311 e. The number of nitrogens with zero attached hydrogens (tertiary/aromatic N) is 5. The molecule has 4 aromatic rings. The van der Waals surface area contributed by atoms with Crippen LogP contribution in [0.2, 0.25) is 0 Å². The van der Waals surface area contributed by atoms with Gasteiger partial charge in [0.2, 0.25) is 0 Å². The number of pyridine rings is 1. The van der Waals surface area contributed by atoms with Crippen molar-refractivity contribution in [3.05, 3.63) is 102 Å². The summed E-state index contributed by atoms with van der Waals surface area (Å²) in [5.41, 5.74) is 12.6. The molecule has 1 aliphatic heterocycles. The third kappa shape index (κ3) is 2.93. The van der Waals surface area contributed by atoms with Crippen LogP contribution in [-0.2, 0) is 5.54 Å². The second kappa shape index (κ2) is 7.01. The number of fused-ring (bicyclic) bond motifs is 1. The van der Waals surface area contributed by atoms with Crippen molar-refractivity contribution in [2.45, 2.75) is 30.5 Å². The highest BCUT2D eigenvalue weighted by atomic mass is 15.2. The molecule has 4 heterocycles. The Morgan fingerprint density at radius 3 is 2.52 bits per heavy atom. The molecule has 7 nitrogen and oxygen atoms in total. The minimum atomic E-state index is -0.721. The zero-order valence-corrected chi connectivity index (χ0v) is 16.8. The molecule has 2 atom stereocenters. The summed E-state index contributed by atoms with van der Waals surface area (Å²) in [6.07, 6.45) is 12.4. The van der Waals surface area contributed by atoms with E-state index >= 15 is 0 Å². The van der Waals surface area contributed by atoms with Crippen molar-refractivity contribution in [3.8, 4) is 11.1 Å². The molecule has 7 heteroatoms. The lowest BCUT2D eigenvalue weighted by Crippen LogP contribution is -2.43. The highest BCUT2D eigenvalue weighted by Gasteiger charge is 2.48. The number of nitrogens with two attached hydrogens (primary N) is 1. The van der Waals surface area contributed by atoms with Crippen LogP contribution in [0.5, 0.6) is 0 Å². The summed E-state index contributed by atoms with van der Waals surface area (Å²) in [6.45, 7) is 0. The van der Waals surface area contributed by atoms with E-state index in [2.05, 4.69) is 49.5 Å². The predicted molar refractivity (Wildman–Crippen MR) is 116 cm³/mol. The van der Waals surface area contributed by atoms with Gasteiger partial charge in [0.05, 0.1) is 11.4 Å². The third-order valence-electron chi connectivity index (χ3n) is 6.15. The summed E-state index contributed by atoms with van der Waals surface area (Å²) < 4.78 is 0. The zero-order valence-electron chi connectivity index (χ0n) is 16.8. The smallest absolute Gasteiger partial charge is 0.116 e. The Bertz CT molecular complexity index is 1260. The highest BCUT2D eigenvalue weighted by Crippen LogP contribution is 2.46. The molecule has 31 heavy (non-hydrogen) atoms. The fourth-order valence-electron chi connectivity index (χ4n) is 4.51. The Morgan fingerprint density at radius 2 is 1.68 bits per heavy atom. The fourth-order valence-corrected chi connectivity index (χ4v) is 4.51. The lowest BCUT2D eigenvalue weighted by Gasteiger charge is -2.32. The first-order valence-corrected chi connectivity index (χ1v) is 10.4. The van der Waals surface area contributed by atoms with Crippen molar-refractivity contribution in [2.24, 2.45) is 5.73 Å². The molecule has 3 aromatic heterocycles. The second-order valence-corrected chi connectivity index (χ2v) is 8.11. The number of aromatic nitrogens is 5. The molecule has 152 valence electrons. The molecule has 1 aromatic carbocycles. The molecule has 0 radical (unpaired) electrons. The van der Waals surface area contributed by atoms with Crippen LogP contribution in [0.1, 0.15) is 53.1 Å². The van der Waals surface area contributed by atoms with E-state index < -0.39 is 11.7 Å². The molecule has 1 aliphatic carbocycles. The van der Waals surface area contributed by atoms with Gasteiger partial charge in [0.1, 0.15) is 18.0 Å². The van der Waals surface area contributed by atoms with Gasteiger partial charge in [0.25, 0.3) is 0 Å². The number of rotatable bonds is 4. The van der Waals surface area contributed by atoms with Gasteiger partial charge < -0.3 is 5.73 Å². The van der Waals surface area contributed by atoms with Crippen LogP contribution in [0.25, 0.3) is 11.1 Å². The summed E-state index contributed by atoms with van der Waals surface area (Å²) in [7, 11) is 0. The van der Waals surface area contributed by atoms with E-state index in [1.807, 2.05) is 30.7 Å². The molecule has 1 saturated carbocycles. The van der Waals surface area contributed by atoms with Gasteiger partial charge >= 0.3 is 0 Å². The molecule has 0 saturated heterocycles. The van der Waals surface area contributed by atoms with Gasteiger partial charge in [0, 0.05) is 48.2 Å². The van der Waals surface area contributed by atoms with Crippen LogP contribution in [0, 0.1) is 0 Å². The van der Waals surface area contributed by atoms with Crippen LogP contribution in [0.4, 0.5) is 0 Å². The van der Waals surface area contributed by atoms with Crippen molar-refractivity contribution < 1.29 is 0 Å². The number of hydrogen-bond donors (Lipinski definition) is 2. The first-order valence-electron chi connectivity index (χ1n) is 10.4. The molecule has 0 bridgehead atoms. The quantitative estimate of drug-likeness (QED) is 0.536. The largest absolute Gasteiger partial charge is 0.311 e. The van der Waals surface area contributed by atoms with Crippen molar-refractivity contribution >= 4 is 0 Å². The van der Waals surface area contributed by atoms with Gasteiger partial charge in [-0.25, -0.2) is 9.97 Å². The minimum absolute atomic E-state index is 0.426. The van der Waals surface area contributed by atoms with Crippen LogP contribution in [0.15, 0.2) is 73.7 Å². The van der Waals surface area contributed by atoms with Gasteiger partial charge in [-0.1, -0.05) is 18.2 Å². The van der Waals surface area contributed by atoms with Gasteiger partial charge in [-0.05, 0) is 47.7 Å². The summed E-state index contributed by atoms with van der Waals surface area (Å²) in [5.74, 6) is 0.543. The first kappa shape index (κ1) is 18.2. The fraction of sp³-hybridized carbons (Fsp3) is 0.208. The van der Waals surface area contributed by atoms with E-state index in [-0.39, 0.29) is 0 Å². The van der Waals surface area contributed by atoms with Crippen LogP contribution in [0.3, 0.4) is 0 Å². The van der Waals surface area contributed by atoms with Crippen LogP contribution >= 0.6 is 0 Å². The van der Waals surface area contributed by atoms with Crippen molar-refractivity contribution in [2.75, 3.05) is 0 Å². The summed E-state index contributed by atoms with van der Waals surface area (Å²) >= 11 is 0. The van der Waals surface area contributed by atoms with E-state index in [9.17, 15) is 0 Å². The average molecular weight is 407 g/mol. The van der Waals surface area contributed by atoms with Gasteiger partial charge in [-0.2, -0.15) is 0 Å². The van der Waals surface area contributed by atoms with E-state index in [0.29, 0.717) is 5.92 Å². The Hall–Kier alpha value is -3.55. The summed E-state index contributed by atoms with van der Waals surface area (Å²) in [6, 6.07) is 12.6. The van der Waals surface area contributed by atoms with Crippen LogP contribution in [-0.4, -0.2) is 24.9 Å². The van der Waals surface area contributed by atoms with Gasteiger partial charge in [-0.3, -0.25) is 20.3 Å². The topological polar surface area (TPSA) is 102 Å². The van der Waals surface area contributed by atoms with E-state index in [4.69, 9.17) is 10.7 Å². The lowest BCUT2D eigenvalue weighted by molar-refractivity contribution is 0.448. The summed E-state index contributed by atoms with van der Waals surface area (Å²) in [5, 5.41) is 3.62. The molecule has 1 fully saturated rings. The monoisotopic (exact) mass is 407 g/mol. The molecule has 0 amide bonds. The van der Waals surface area contributed by atoms with E-state index in [1.54, 1.807) is 12.4 Å². The average Bonchev–Trinajstić information content (AvgIpc) is 3.65. The maximum atomic E-state index is 6.51. The first-order chi connectivity index (χ1) is 15.3. The molecule has 3 N–H and O–H groups in total. The molecular formula is C24H21N7. The molecule has 2 unspecified atom stereocenters. The highest BCUT2D eigenvalue weighted by molar-refractivity contribution is 5.65. The Morgan fingerprint density at radius 1 is 0.871 bits per heavy atom. The number of nitrogens with one attached hydrogen (secondary N) is 1. The van der Waals surface area contributed by atoms with E-state index in [1.165, 1.54) is 19.2 Å². The standard InChI is InChI=1S/C24H21N7/c25-23-21-22(30-9-8-29-21)24(31-23,19-6-7-28-20(11-19)15-4-5-15)18-3-1-2-16(10-18)17-12-26-14-27-13-17/h1-3,6-15,23,31H,4-5,25H2. The maximum absolute atomic E-state index is 6.51. The Labute approximate surface area is 179 Å². The molecule has 0 spiro atoms.